The van der Waals surface area contributed by atoms with E-state index in [-0.39, 0.29) is 26.1 Å². The van der Waals surface area contributed by atoms with E-state index in [1.807, 2.05) is 72.8 Å². The number of rotatable bonds is 8. The van der Waals surface area contributed by atoms with Gasteiger partial charge in [0.05, 0.1) is 12.8 Å². The van der Waals surface area contributed by atoms with E-state index in [0.717, 1.165) is 33.4 Å². The fourth-order valence-corrected chi connectivity index (χ4v) is 5.46. The smallest absolute Gasteiger partial charge is 0.307 e. The van der Waals surface area contributed by atoms with Crippen molar-refractivity contribution in [3.8, 4) is 11.1 Å². The molecule has 0 saturated heterocycles. The van der Waals surface area contributed by atoms with Crippen LogP contribution >= 0.6 is 23.2 Å². The number of hydrogen-bond acceptors (Lipinski definition) is 4. The number of carbonyl (C=O) groups is 2. The molecule has 0 aliphatic heterocycles. The minimum Gasteiger partial charge on any atom is -0.461 e. The van der Waals surface area contributed by atoms with Gasteiger partial charge in [0.2, 0.25) is 0 Å². The zero-order valence-electron chi connectivity index (χ0n) is 20.0. The molecule has 6 heteroatoms. The van der Waals surface area contributed by atoms with Crippen molar-refractivity contribution in [3.05, 3.63) is 129 Å². The molecule has 0 N–H and O–H groups in total. The van der Waals surface area contributed by atoms with Gasteiger partial charge < -0.3 is 9.47 Å². The first-order chi connectivity index (χ1) is 17.9. The van der Waals surface area contributed by atoms with Crippen molar-refractivity contribution >= 4 is 35.1 Å². The predicted octanol–water partition coefficient (Wildman–Crippen LogP) is 7.53. The average molecular weight is 531 g/mol. The molecule has 4 aromatic carbocycles. The van der Waals surface area contributed by atoms with Crippen LogP contribution in [0.5, 0.6) is 0 Å². The van der Waals surface area contributed by atoms with Crippen LogP contribution in [0.1, 0.15) is 35.1 Å². The van der Waals surface area contributed by atoms with Crippen molar-refractivity contribution in [2.75, 3.05) is 0 Å². The predicted molar refractivity (Wildman–Crippen MR) is 144 cm³/mol. The first-order valence-corrected chi connectivity index (χ1v) is 12.7. The van der Waals surface area contributed by atoms with Gasteiger partial charge in [0, 0.05) is 15.5 Å². The summed E-state index contributed by atoms with van der Waals surface area (Å²) in [5.41, 5.74) is 4.51. The molecule has 0 bridgehead atoms. The zero-order valence-corrected chi connectivity index (χ0v) is 21.5. The number of carbonyl (C=O) groups excluding carboxylic acids is 2. The van der Waals surface area contributed by atoms with Gasteiger partial charge in [-0.1, -0.05) is 96.0 Å². The van der Waals surface area contributed by atoms with Gasteiger partial charge in [0.15, 0.2) is 0 Å². The second-order valence-corrected chi connectivity index (χ2v) is 9.98. The van der Waals surface area contributed by atoms with Crippen LogP contribution in [0.3, 0.4) is 0 Å². The Hall–Kier alpha value is -3.60. The van der Waals surface area contributed by atoms with Gasteiger partial charge in [-0.3, -0.25) is 9.59 Å². The van der Waals surface area contributed by atoms with E-state index in [2.05, 4.69) is 0 Å². The molecule has 0 amide bonds. The van der Waals surface area contributed by atoms with E-state index in [1.54, 1.807) is 24.3 Å². The lowest BCUT2D eigenvalue weighted by molar-refractivity contribution is -0.149. The van der Waals surface area contributed by atoms with Crippen LogP contribution in [-0.4, -0.2) is 11.9 Å². The Labute approximate surface area is 225 Å². The third kappa shape index (κ3) is 5.41. The molecule has 0 aromatic heterocycles. The summed E-state index contributed by atoms with van der Waals surface area (Å²) in [6.45, 7) is 0.190. The van der Waals surface area contributed by atoms with Crippen molar-refractivity contribution in [2.45, 2.75) is 31.5 Å². The summed E-state index contributed by atoms with van der Waals surface area (Å²) in [7, 11) is 0. The summed E-state index contributed by atoms with van der Waals surface area (Å²) in [6, 6.07) is 30.1. The molecule has 1 aliphatic carbocycles. The number of ether oxygens (including phenoxy) is 2. The van der Waals surface area contributed by atoms with Crippen LogP contribution in [0.15, 0.2) is 97.1 Å². The highest BCUT2D eigenvalue weighted by molar-refractivity contribution is 6.30. The van der Waals surface area contributed by atoms with E-state index >= 15 is 0 Å². The van der Waals surface area contributed by atoms with Gasteiger partial charge in [-0.25, -0.2) is 0 Å². The molecule has 4 nitrogen and oxygen atoms in total. The van der Waals surface area contributed by atoms with Crippen LogP contribution in [0.2, 0.25) is 10.0 Å². The summed E-state index contributed by atoms with van der Waals surface area (Å²) in [4.78, 5) is 26.5. The Morgan fingerprint density at radius 3 is 1.46 bits per heavy atom. The number of hydrogen-bond donors (Lipinski definition) is 0. The van der Waals surface area contributed by atoms with E-state index in [4.69, 9.17) is 32.7 Å². The molecule has 0 saturated carbocycles. The van der Waals surface area contributed by atoms with E-state index in [0.29, 0.717) is 10.0 Å². The first kappa shape index (κ1) is 25.1. The topological polar surface area (TPSA) is 52.6 Å². The lowest BCUT2D eigenvalue weighted by Gasteiger charge is -2.30. The van der Waals surface area contributed by atoms with Crippen LogP contribution < -0.4 is 0 Å². The Kier molecular flexibility index (Phi) is 7.31. The van der Waals surface area contributed by atoms with Crippen molar-refractivity contribution in [3.63, 3.8) is 0 Å². The van der Waals surface area contributed by atoms with Crippen LogP contribution in [0.4, 0.5) is 0 Å². The third-order valence-corrected chi connectivity index (χ3v) is 7.12. The molecule has 186 valence electrons. The molecule has 0 unspecified atom stereocenters. The van der Waals surface area contributed by atoms with Crippen molar-refractivity contribution < 1.29 is 19.1 Å². The van der Waals surface area contributed by atoms with Crippen LogP contribution in [-0.2, 0) is 37.7 Å². The Morgan fingerprint density at radius 2 is 1.03 bits per heavy atom. The molecular formula is C31H24Cl2O4. The fourth-order valence-electron chi connectivity index (χ4n) is 5.04. The highest BCUT2D eigenvalue weighted by Gasteiger charge is 2.46. The highest BCUT2D eigenvalue weighted by Crippen LogP contribution is 2.53. The number of halogens is 2. The van der Waals surface area contributed by atoms with Gasteiger partial charge in [-0.05, 0) is 57.6 Å². The summed E-state index contributed by atoms with van der Waals surface area (Å²) in [5.74, 6) is -0.816. The molecule has 0 radical (unpaired) electrons. The maximum atomic E-state index is 13.3. The lowest BCUT2D eigenvalue weighted by atomic mass is 9.73. The third-order valence-electron chi connectivity index (χ3n) is 6.65. The monoisotopic (exact) mass is 530 g/mol. The van der Waals surface area contributed by atoms with Crippen LogP contribution in [0.25, 0.3) is 11.1 Å². The average Bonchev–Trinajstić information content (AvgIpc) is 3.16. The molecule has 0 atom stereocenters. The summed E-state index contributed by atoms with van der Waals surface area (Å²) >= 11 is 12.1. The van der Waals surface area contributed by atoms with E-state index in [9.17, 15) is 9.59 Å². The van der Waals surface area contributed by atoms with Gasteiger partial charge in [-0.15, -0.1) is 0 Å². The maximum Gasteiger partial charge on any atom is 0.307 e. The van der Waals surface area contributed by atoms with Gasteiger partial charge in [-0.2, -0.15) is 0 Å². The lowest BCUT2D eigenvalue weighted by Crippen LogP contribution is -2.33. The molecular weight excluding hydrogens is 507 g/mol. The standard InChI is InChI=1S/C31H24Cl2O4/c32-23-9-5-7-21(15-23)19-36-29(34)17-31(18-30(35)37-20-22-8-6-10-24(33)16-22)27-13-3-1-11-25(27)26-12-2-4-14-28(26)31/h1-16H,17-20H2. The number of benzene rings is 4. The largest absolute Gasteiger partial charge is 0.461 e. The Balaban J connectivity index is 1.43. The van der Waals surface area contributed by atoms with Crippen molar-refractivity contribution in [2.24, 2.45) is 0 Å². The molecule has 0 spiro atoms. The fraction of sp³-hybridized carbons (Fsp3) is 0.161. The maximum absolute atomic E-state index is 13.3. The van der Waals surface area contributed by atoms with Crippen molar-refractivity contribution in [1.82, 2.24) is 0 Å². The molecule has 0 fully saturated rings. The normalized spacial score (nSPS) is 12.9. The molecule has 5 rings (SSSR count). The van der Waals surface area contributed by atoms with Gasteiger partial charge >= 0.3 is 11.9 Å². The SMILES string of the molecule is O=C(CC1(CC(=O)OCc2cccc(Cl)c2)c2ccccc2-c2ccccc21)OCc1cccc(Cl)c1. The summed E-state index contributed by atoms with van der Waals surface area (Å²) < 4.78 is 11.3. The number of fused-ring (bicyclic) bond motifs is 3. The molecule has 0 heterocycles. The summed E-state index contributed by atoms with van der Waals surface area (Å²) in [6.07, 6.45) is -0.0122. The minimum absolute atomic E-state index is 0.00609. The Morgan fingerprint density at radius 1 is 0.595 bits per heavy atom. The zero-order chi connectivity index (χ0) is 25.8. The quantitative estimate of drug-likeness (QED) is 0.221. The van der Waals surface area contributed by atoms with Gasteiger partial charge in [0.25, 0.3) is 0 Å². The second-order valence-electron chi connectivity index (χ2n) is 9.11. The van der Waals surface area contributed by atoms with E-state index < -0.39 is 17.4 Å². The van der Waals surface area contributed by atoms with E-state index in [1.165, 1.54) is 0 Å². The second kappa shape index (κ2) is 10.8. The number of esters is 2. The van der Waals surface area contributed by atoms with Crippen LogP contribution in [0, 0.1) is 0 Å². The highest BCUT2D eigenvalue weighted by atomic mass is 35.5. The van der Waals surface area contributed by atoms with Gasteiger partial charge in [0.1, 0.15) is 13.2 Å². The summed E-state index contributed by atoms with van der Waals surface area (Å²) in [5, 5.41) is 1.15. The Bertz CT molecular complexity index is 1350. The molecule has 1 aliphatic rings. The van der Waals surface area contributed by atoms with Crippen molar-refractivity contribution in [1.29, 1.82) is 0 Å². The molecule has 37 heavy (non-hydrogen) atoms. The molecule has 4 aromatic rings. The first-order valence-electron chi connectivity index (χ1n) is 11.9. The minimum atomic E-state index is -0.913.